The van der Waals surface area contributed by atoms with Crippen LogP contribution in [-0.2, 0) is 16.0 Å². The Morgan fingerprint density at radius 1 is 1.29 bits per heavy atom. The lowest BCUT2D eigenvalue weighted by Gasteiger charge is -2.24. The topological polar surface area (TPSA) is 58.2 Å². The van der Waals surface area contributed by atoms with E-state index in [1.165, 1.54) is 6.07 Å². The van der Waals surface area contributed by atoms with Gasteiger partial charge in [-0.15, -0.1) is 0 Å². The largest absolute Gasteiger partial charge is 0.326 e. The number of hydrogen-bond donors (Lipinski definition) is 2. The number of anilines is 2. The van der Waals surface area contributed by atoms with E-state index in [-0.39, 0.29) is 30.0 Å². The standard InChI is InChI=1S/C19H19FN2O2/c1-12-6-8-15(11-16(12)20)21-18(23)9-7-14-10-13-4-2-3-5-17(13)22-19(14)24/h2-6,8,11,14H,7,9-10H2,1H3,(H,21,23)(H,22,24)/t14-/m0/s1. The smallest absolute Gasteiger partial charge is 0.227 e. The van der Waals surface area contributed by atoms with Crippen molar-refractivity contribution in [2.45, 2.75) is 26.2 Å². The molecule has 0 fully saturated rings. The number of rotatable bonds is 4. The number of para-hydroxylation sites is 1. The van der Waals surface area contributed by atoms with Crippen LogP contribution in [0, 0.1) is 18.7 Å². The molecule has 0 saturated heterocycles. The Hall–Kier alpha value is -2.69. The van der Waals surface area contributed by atoms with E-state index in [2.05, 4.69) is 10.6 Å². The third-order valence-corrected chi connectivity index (χ3v) is 4.29. The third-order valence-electron chi connectivity index (χ3n) is 4.29. The van der Waals surface area contributed by atoms with E-state index in [4.69, 9.17) is 0 Å². The summed E-state index contributed by atoms with van der Waals surface area (Å²) in [4.78, 5) is 24.2. The van der Waals surface area contributed by atoms with Gasteiger partial charge in [0.1, 0.15) is 5.82 Å². The van der Waals surface area contributed by atoms with Gasteiger partial charge in [0.25, 0.3) is 0 Å². The Morgan fingerprint density at radius 3 is 2.88 bits per heavy atom. The van der Waals surface area contributed by atoms with Gasteiger partial charge in [-0.1, -0.05) is 24.3 Å². The van der Waals surface area contributed by atoms with Crippen molar-refractivity contribution in [1.29, 1.82) is 0 Å². The Balaban J connectivity index is 1.56. The van der Waals surface area contributed by atoms with Crippen LogP contribution in [0.3, 0.4) is 0 Å². The van der Waals surface area contributed by atoms with E-state index in [0.717, 1.165) is 11.3 Å². The van der Waals surface area contributed by atoms with Gasteiger partial charge in [-0.05, 0) is 49.1 Å². The van der Waals surface area contributed by atoms with E-state index >= 15 is 0 Å². The number of hydrogen-bond acceptors (Lipinski definition) is 2. The van der Waals surface area contributed by atoms with Gasteiger partial charge in [-0.3, -0.25) is 9.59 Å². The Morgan fingerprint density at radius 2 is 2.08 bits per heavy atom. The lowest BCUT2D eigenvalue weighted by Crippen LogP contribution is -2.30. The molecule has 1 aliphatic rings. The van der Waals surface area contributed by atoms with Crippen LogP contribution in [-0.4, -0.2) is 11.8 Å². The van der Waals surface area contributed by atoms with Crippen molar-refractivity contribution in [2.75, 3.05) is 10.6 Å². The third kappa shape index (κ3) is 3.62. The van der Waals surface area contributed by atoms with E-state index in [1.54, 1.807) is 19.1 Å². The maximum Gasteiger partial charge on any atom is 0.227 e. The quantitative estimate of drug-likeness (QED) is 0.901. The summed E-state index contributed by atoms with van der Waals surface area (Å²) in [6.07, 6.45) is 1.31. The molecule has 2 aromatic rings. The summed E-state index contributed by atoms with van der Waals surface area (Å²) < 4.78 is 13.5. The van der Waals surface area contributed by atoms with Crippen molar-refractivity contribution < 1.29 is 14.0 Å². The molecule has 2 N–H and O–H groups in total. The van der Waals surface area contributed by atoms with Gasteiger partial charge in [-0.2, -0.15) is 0 Å². The maximum absolute atomic E-state index is 13.5. The van der Waals surface area contributed by atoms with Crippen molar-refractivity contribution in [2.24, 2.45) is 5.92 Å². The fourth-order valence-electron chi connectivity index (χ4n) is 2.85. The first kappa shape index (κ1) is 16.2. The molecule has 3 rings (SSSR count). The summed E-state index contributed by atoms with van der Waals surface area (Å²) in [5.74, 6) is -0.843. The molecule has 2 amide bonds. The summed E-state index contributed by atoms with van der Waals surface area (Å²) in [5, 5.41) is 5.55. The molecule has 4 nitrogen and oxygen atoms in total. The lowest BCUT2D eigenvalue weighted by atomic mass is 9.89. The van der Waals surface area contributed by atoms with Crippen LogP contribution in [0.25, 0.3) is 0 Å². The molecule has 5 heteroatoms. The minimum absolute atomic E-state index is 0.0529. The number of amides is 2. The van der Waals surface area contributed by atoms with Crippen molar-refractivity contribution in [3.05, 3.63) is 59.4 Å². The molecule has 1 heterocycles. The molecule has 0 spiro atoms. The van der Waals surface area contributed by atoms with Crippen LogP contribution in [0.1, 0.15) is 24.0 Å². The highest BCUT2D eigenvalue weighted by Gasteiger charge is 2.26. The molecule has 1 aliphatic heterocycles. The zero-order valence-corrected chi connectivity index (χ0v) is 13.4. The van der Waals surface area contributed by atoms with Crippen LogP contribution in [0.4, 0.5) is 15.8 Å². The molecule has 1 atom stereocenters. The summed E-state index contributed by atoms with van der Waals surface area (Å²) in [6.45, 7) is 1.67. The van der Waals surface area contributed by atoms with E-state index in [1.807, 2.05) is 24.3 Å². The molecule has 0 aliphatic carbocycles. The van der Waals surface area contributed by atoms with Gasteiger partial charge in [0.2, 0.25) is 11.8 Å². The van der Waals surface area contributed by atoms with Crippen LogP contribution < -0.4 is 10.6 Å². The minimum atomic E-state index is -0.351. The van der Waals surface area contributed by atoms with Crippen LogP contribution in [0.5, 0.6) is 0 Å². The molecule has 24 heavy (non-hydrogen) atoms. The number of halogens is 1. The van der Waals surface area contributed by atoms with Gasteiger partial charge >= 0.3 is 0 Å². The van der Waals surface area contributed by atoms with Gasteiger partial charge < -0.3 is 10.6 Å². The van der Waals surface area contributed by atoms with Gasteiger partial charge in [0.15, 0.2) is 0 Å². The van der Waals surface area contributed by atoms with E-state index in [0.29, 0.717) is 24.1 Å². The first-order chi connectivity index (χ1) is 11.5. The molecular formula is C19H19FN2O2. The Kier molecular flexibility index (Phi) is 4.60. The minimum Gasteiger partial charge on any atom is -0.326 e. The highest BCUT2D eigenvalue weighted by molar-refractivity contribution is 5.96. The van der Waals surface area contributed by atoms with Crippen molar-refractivity contribution in [3.8, 4) is 0 Å². The van der Waals surface area contributed by atoms with Gasteiger partial charge in [0.05, 0.1) is 0 Å². The number of carbonyl (C=O) groups is 2. The highest BCUT2D eigenvalue weighted by atomic mass is 19.1. The predicted molar refractivity (Wildman–Crippen MR) is 91.3 cm³/mol. The zero-order chi connectivity index (χ0) is 17.1. The average molecular weight is 326 g/mol. The Bertz CT molecular complexity index is 789. The number of fused-ring (bicyclic) bond motifs is 1. The number of carbonyl (C=O) groups excluding carboxylic acids is 2. The number of benzene rings is 2. The summed E-state index contributed by atoms with van der Waals surface area (Å²) in [5.41, 5.74) is 2.90. The molecule has 0 bridgehead atoms. The molecule has 0 aromatic heterocycles. The maximum atomic E-state index is 13.5. The molecule has 2 aromatic carbocycles. The van der Waals surface area contributed by atoms with Crippen LogP contribution in [0.15, 0.2) is 42.5 Å². The normalized spacial score (nSPS) is 16.2. The van der Waals surface area contributed by atoms with Crippen molar-refractivity contribution >= 4 is 23.2 Å². The molecule has 0 unspecified atom stereocenters. The van der Waals surface area contributed by atoms with Crippen molar-refractivity contribution in [3.63, 3.8) is 0 Å². The first-order valence-electron chi connectivity index (χ1n) is 7.97. The summed E-state index contributed by atoms with van der Waals surface area (Å²) in [7, 11) is 0. The summed E-state index contributed by atoms with van der Waals surface area (Å²) >= 11 is 0. The van der Waals surface area contributed by atoms with Gasteiger partial charge in [-0.25, -0.2) is 4.39 Å². The second kappa shape index (κ2) is 6.83. The fraction of sp³-hybridized carbons (Fsp3) is 0.263. The lowest BCUT2D eigenvalue weighted by molar-refractivity contribution is -0.121. The predicted octanol–water partition coefficient (Wildman–Crippen LogP) is 3.66. The van der Waals surface area contributed by atoms with Gasteiger partial charge in [0, 0.05) is 23.7 Å². The Labute approximate surface area is 140 Å². The average Bonchev–Trinajstić information content (AvgIpc) is 2.56. The van der Waals surface area contributed by atoms with E-state index in [9.17, 15) is 14.0 Å². The SMILES string of the molecule is Cc1ccc(NC(=O)CC[C@H]2Cc3ccccc3NC2=O)cc1F. The van der Waals surface area contributed by atoms with Crippen LogP contribution in [0.2, 0.25) is 0 Å². The first-order valence-corrected chi connectivity index (χ1v) is 7.97. The number of aryl methyl sites for hydroxylation is 1. The second-order valence-corrected chi connectivity index (χ2v) is 6.10. The molecule has 0 saturated carbocycles. The fourth-order valence-corrected chi connectivity index (χ4v) is 2.85. The monoisotopic (exact) mass is 326 g/mol. The molecule has 124 valence electrons. The number of nitrogens with one attached hydrogen (secondary N) is 2. The van der Waals surface area contributed by atoms with Crippen molar-refractivity contribution in [1.82, 2.24) is 0 Å². The molecule has 0 radical (unpaired) electrons. The summed E-state index contributed by atoms with van der Waals surface area (Å²) in [6, 6.07) is 12.3. The zero-order valence-electron chi connectivity index (χ0n) is 13.4. The second-order valence-electron chi connectivity index (χ2n) is 6.10. The molecular weight excluding hydrogens is 307 g/mol. The van der Waals surface area contributed by atoms with Crippen LogP contribution >= 0.6 is 0 Å². The highest BCUT2D eigenvalue weighted by Crippen LogP contribution is 2.27. The van der Waals surface area contributed by atoms with E-state index < -0.39 is 0 Å².